The lowest BCUT2D eigenvalue weighted by Gasteiger charge is -2.40. The van der Waals surface area contributed by atoms with Crippen LogP contribution in [0.15, 0.2) is 42.6 Å². The first kappa shape index (κ1) is 19.7. The van der Waals surface area contributed by atoms with E-state index >= 15 is 0 Å². The second kappa shape index (κ2) is 9.26. The average Bonchev–Trinajstić information content (AvgIpc) is 2.69. The highest BCUT2D eigenvalue weighted by Gasteiger charge is 2.30. The molecular formula is C21H28FN3O2. The summed E-state index contributed by atoms with van der Waals surface area (Å²) in [6.07, 6.45) is 3.06. The molecule has 1 aromatic heterocycles. The number of aliphatic hydroxyl groups is 1. The highest BCUT2D eigenvalue weighted by molar-refractivity contribution is 5.29. The van der Waals surface area contributed by atoms with Gasteiger partial charge >= 0.3 is 0 Å². The van der Waals surface area contributed by atoms with Gasteiger partial charge < -0.3 is 14.7 Å². The number of likely N-dealkylation sites (tertiary alicyclic amines) is 1. The molecule has 0 spiro atoms. The van der Waals surface area contributed by atoms with E-state index in [0.29, 0.717) is 24.4 Å². The van der Waals surface area contributed by atoms with Gasteiger partial charge in [-0.3, -0.25) is 9.88 Å². The van der Waals surface area contributed by atoms with Crippen LogP contribution in [0.3, 0.4) is 0 Å². The predicted octanol–water partition coefficient (Wildman–Crippen LogP) is 2.34. The maximum Gasteiger partial charge on any atom is 0.127 e. The third kappa shape index (κ3) is 5.25. The SMILES string of the molecule is COc1ccc(F)c(CN2CC[C@@H](N(C)CCc3ccccn3)[C@H](O)C2)c1. The number of pyridine rings is 1. The van der Waals surface area contributed by atoms with Crippen LogP contribution >= 0.6 is 0 Å². The molecule has 0 unspecified atom stereocenters. The number of nitrogens with zero attached hydrogens (tertiary/aromatic N) is 3. The van der Waals surface area contributed by atoms with E-state index in [-0.39, 0.29) is 11.9 Å². The van der Waals surface area contributed by atoms with Crippen LogP contribution in [0.5, 0.6) is 5.75 Å². The molecule has 0 saturated carbocycles. The lowest BCUT2D eigenvalue weighted by Crippen LogP contribution is -2.53. The van der Waals surface area contributed by atoms with Crippen LogP contribution in [0.2, 0.25) is 0 Å². The fourth-order valence-corrected chi connectivity index (χ4v) is 3.69. The summed E-state index contributed by atoms with van der Waals surface area (Å²) < 4.78 is 19.3. The molecule has 6 heteroatoms. The van der Waals surface area contributed by atoms with Crippen molar-refractivity contribution in [3.63, 3.8) is 0 Å². The Morgan fingerprint density at radius 3 is 2.89 bits per heavy atom. The molecule has 1 N–H and O–H groups in total. The minimum Gasteiger partial charge on any atom is -0.497 e. The molecule has 0 amide bonds. The number of piperidine rings is 1. The van der Waals surface area contributed by atoms with Crippen molar-refractivity contribution < 1.29 is 14.2 Å². The second-order valence-corrected chi connectivity index (χ2v) is 7.17. The van der Waals surface area contributed by atoms with Crippen LogP contribution < -0.4 is 4.74 Å². The van der Waals surface area contributed by atoms with E-state index in [1.54, 1.807) is 25.4 Å². The Kier molecular flexibility index (Phi) is 6.77. The van der Waals surface area contributed by atoms with Gasteiger partial charge in [0.25, 0.3) is 0 Å². The van der Waals surface area contributed by atoms with Gasteiger partial charge in [0.05, 0.1) is 13.2 Å². The fourth-order valence-electron chi connectivity index (χ4n) is 3.69. The molecule has 1 aliphatic rings. The molecule has 0 radical (unpaired) electrons. The average molecular weight is 373 g/mol. The lowest BCUT2D eigenvalue weighted by molar-refractivity contribution is -0.00648. The summed E-state index contributed by atoms with van der Waals surface area (Å²) in [4.78, 5) is 8.67. The van der Waals surface area contributed by atoms with Gasteiger partial charge in [0, 0.05) is 56.1 Å². The molecule has 0 aliphatic carbocycles. The first-order valence-electron chi connectivity index (χ1n) is 9.40. The van der Waals surface area contributed by atoms with Crippen molar-refractivity contribution in [2.75, 3.05) is 33.8 Å². The number of hydrogen-bond donors (Lipinski definition) is 1. The summed E-state index contributed by atoms with van der Waals surface area (Å²) in [6, 6.07) is 10.8. The van der Waals surface area contributed by atoms with E-state index < -0.39 is 6.10 Å². The van der Waals surface area contributed by atoms with Gasteiger partial charge in [0.15, 0.2) is 0 Å². The van der Waals surface area contributed by atoms with Crippen molar-refractivity contribution in [3.05, 3.63) is 59.7 Å². The van der Waals surface area contributed by atoms with Crippen LogP contribution in [0, 0.1) is 5.82 Å². The van der Waals surface area contributed by atoms with E-state index in [9.17, 15) is 9.50 Å². The Balaban J connectivity index is 1.52. The Bertz CT molecular complexity index is 729. The van der Waals surface area contributed by atoms with Gasteiger partial charge in [-0.05, 0) is 43.8 Å². The minimum atomic E-state index is -0.457. The third-order valence-corrected chi connectivity index (χ3v) is 5.29. The first-order valence-corrected chi connectivity index (χ1v) is 9.40. The quantitative estimate of drug-likeness (QED) is 0.807. The van der Waals surface area contributed by atoms with Crippen molar-refractivity contribution in [1.82, 2.24) is 14.8 Å². The van der Waals surface area contributed by atoms with Gasteiger partial charge in [-0.1, -0.05) is 6.07 Å². The van der Waals surface area contributed by atoms with E-state index in [0.717, 1.165) is 31.6 Å². The van der Waals surface area contributed by atoms with Crippen molar-refractivity contribution in [2.24, 2.45) is 0 Å². The van der Waals surface area contributed by atoms with Crippen molar-refractivity contribution in [3.8, 4) is 5.75 Å². The van der Waals surface area contributed by atoms with E-state index in [1.807, 2.05) is 25.2 Å². The normalized spacial score (nSPS) is 20.8. The Labute approximate surface area is 160 Å². The molecule has 2 heterocycles. The molecule has 2 aromatic rings. The number of aliphatic hydroxyl groups excluding tert-OH is 1. The summed E-state index contributed by atoms with van der Waals surface area (Å²) in [5, 5.41) is 10.6. The van der Waals surface area contributed by atoms with Crippen molar-refractivity contribution in [2.45, 2.75) is 31.5 Å². The third-order valence-electron chi connectivity index (χ3n) is 5.29. The van der Waals surface area contributed by atoms with Gasteiger partial charge in [-0.25, -0.2) is 4.39 Å². The van der Waals surface area contributed by atoms with Crippen molar-refractivity contribution >= 4 is 0 Å². The zero-order valence-electron chi connectivity index (χ0n) is 16.0. The monoisotopic (exact) mass is 373 g/mol. The number of aromatic nitrogens is 1. The summed E-state index contributed by atoms with van der Waals surface area (Å²) >= 11 is 0. The van der Waals surface area contributed by atoms with Gasteiger partial charge in [0.2, 0.25) is 0 Å². The molecule has 146 valence electrons. The van der Waals surface area contributed by atoms with Gasteiger partial charge in [0.1, 0.15) is 11.6 Å². The predicted molar refractivity (Wildman–Crippen MR) is 103 cm³/mol. The van der Waals surface area contributed by atoms with Crippen LogP contribution in [0.4, 0.5) is 4.39 Å². The Morgan fingerprint density at radius 2 is 2.19 bits per heavy atom. The highest BCUT2D eigenvalue weighted by Crippen LogP contribution is 2.22. The molecule has 27 heavy (non-hydrogen) atoms. The molecule has 3 rings (SSSR count). The maximum atomic E-state index is 14.1. The highest BCUT2D eigenvalue weighted by atomic mass is 19.1. The Hall–Kier alpha value is -2.02. The largest absolute Gasteiger partial charge is 0.497 e. The zero-order valence-corrected chi connectivity index (χ0v) is 16.0. The first-order chi connectivity index (χ1) is 13.1. The van der Waals surface area contributed by atoms with Crippen LogP contribution in [0.25, 0.3) is 0 Å². The molecule has 1 aliphatic heterocycles. The number of rotatable bonds is 7. The summed E-state index contributed by atoms with van der Waals surface area (Å²) in [6.45, 7) is 2.69. The lowest BCUT2D eigenvalue weighted by atomic mass is 9.99. The summed E-state index contributed by atoms with van der Waals surface area (Å²) in [5.74, 6) is 0.413. The number of likely N-dealkylation sites (N-methyl/N-ethyl adjacent to an activating group) is 1. The molecule has 1 aromatic carbocycles. The molecule has 0 bridgehead atoms. The van der Waals surface area contributed by atoms with Crippen LogP contribution in [-0.4, -0.2) is 65.8 Å². The molecule has 1 saturated heterocycles. The Morgan fingerprint density at radius 1 is 1.33 bits per heavy atom. The number of ether oxygens (including phenoxy) is 1. The number of β-amino-alcohol motifs (C(OH)–C–C–N with tert-alkyl or cyclic N) is 1. The van der Waals surface area contributed by atoms with Gasteiger partial charge in [-0.2, -0.15) is 0 Å². The topological polar surface area (TPSA) is 48.8 Å². The summed E-state index contributed by atoms with van der Waals surface area (Å²) in [5.41, 5.74) is 1.66. The molecule has 2 atom stereocenters. The van der Waals surface area contributed by atoms with Gasteiger partial charge in [-0.15, -0.1) is 0 Å². The smallest absolute Gasteiger partial charge is 0.127 e. The fraction of sp³-hybridized carbons (Fsp3) is 0.476. The van der Waals surface area contributed by atoms with E-state index in [2.05, 4.69) is 14.8 Å². The molecular weight excluding hydrogens is 345 g/mol. The number of benzene rings is 1. The van der Waals surface area contributed by atoms with Crippen LogP contribution in [0.1, 0.15) is 17.7 Å². The van der Waals surface area contributed by atoms with E-state index in [4.69, 9.17) is 4.74 Å². The molecule has 1 fully saturated rings. The number of methoxy groups -OCH3 is 1. The van der Waals surface area contributed by atoms with E-state index in [1.165, 1.54) is 6.07 Å². The second-order valence-electron chi connectivity index (χ2n) is 7.17. The van der Waals surface area contributed by atoms with Crippen molar-refractivity contribution in [1.29, 1.82) is 0 Å². The number of halogens is 1. The maximum absolute atomic E-state index is 14.1. The zero-order chi connectivity index (χ0) is 19.2. The van der Waals surface area contributed by atoms with Crippen LogP contribution in [-0.2, 0) is 13.0 Å². The number of hydrogen-bond acceptors (Lipinski definition) is 5. The summed E-state index contributed by atoms with van der Waals surface area (Å²) in [7, 11) is 3.63. The molecule has 5 nitrogen and oxygen atoms in total. The minimum absolute atomic E-state index is 0.111. The standard InChI is InChI=1S/C21H28FN3O2/c1-24(11-8-17-5-3-4-10-23-17)20-9-12-25(15-21(20)26)14-16-13-18(27-2)6-7-19(16)22/h3-7,10,13,20-21,26H,8-9,11-12,14-15H2,1-2H3/t20-,21-/m1/s1.